The fourth-order valence-electron chi connectivity index (χ4n) is 5.60. The van der Waals surface area contributed by atoms with Crippen LogP contribution in [0.5, 0.6) is 11.5 Å². The SMILES string of the molecule is COc1ccc(N2CCN(C(=O)Cc3sc(C)nc3C)C(Cc3ccccc3)C2)cc1OC1CCCC1. The summed E-state index contributed by atoms with van der Waals surface area (Å²) in [5.74, 6) is 1.79. The second kappa shape index (κ2) is 11.5. The van der Waals surface area contributed by atoms with E-state index in [0.717, 1.165) is 65.1 Å². The van der Waals surface area contributed by atoms with Gasteiger partial charge in [-0.05, 0) is 63.6 Å². The molecule has 1 aromatic heterocycles. The highest BCUT2D eigenvalue weighted by Crippen LogP contribution is 2.36. The summed E-state index contributed by atoms with van der Waals surface area (Å²) in [5, 5.41) is 1.01. The molecule has 2 aliphatic rings. The number of aryl methyl sites for hydroxylation is 2. The molecule has 37 heavy (non-hydrogen) atoms. The summed E-state index contributed by atoms with van der Waals surface area (Å²) >= 11 is 1.63. The second-order valence-electron chi connectivity index (χ2n) is 10.2. The van der Waals surface area contributed by atoms with Crippen molar-refractivity contribution in [3.05, 3.63) is 69.7 Å². The van der Waals surface area contributed by atoms with Crippen LogP contribution in [0.4, 0.5) is 5.69 Å². The first-order valence-corrected chi connectivity index (χ1v) is 14.2. The van der Waals surface area contributed by atoms with Gasteiger partial charge in [-0.25, -0.2) is 4.98 Å². The first kappa shape index (κ1) is 25.6. The number of hydrogen-bond donors (Lipinski definition) is 0. The molecule has 6 nitrogen and oxygen atoms in total. The molecule has 1 atom stereocenters. The van der Waals surface area contributed by atoms with Crippen molar-refractivity contribution in [1.82, 2.24) is 9.88 Å². The third-order valence-electron chi connectivity index (χ3n) is 7.54. The van der Waals surface area contributed by atoms with E-state index in [1.807, 2.05) is 26.0 Å². The molecule has 1 unspecified atom stereocenters. The summed E-state index contributed by atoms with van der Waals surface area (Å²) in [6.45, 7) is 6.25. The Morgan fingerprint density at radius 2 is 1.84 bits per heavy atom. The van der Waals surface area contributed by atoms with Crippen molar-refractivity contribution >= 4 is 22.9 Å². The quantitative estimate of drug-likeness (QED) is 0.388. The van der Waals surface area contributed by atoms with E-state index in [4.69, 9.17) is 9.47 Å². The summed E-state index contributed by atoms with van der Waals surface area (Å²) in [4.78, 5) is 23.6. The Balaban J connectivity index is 1.36. The summed E-state index contributed by atoms with van der Waals surface area (Å²) in [6, 6.07) is 16.8. The van der Waals surface area contributed by atoms with Crippen molar-refractivity contribution in [2.24, 2.45) is 0 Å². The Morgan fingerprint density at radius 1 is 1.05 bits per heavy atom. The van der Waals surface area contributed by atoms with Gasteiger partial charge in [0.2, 0.25) is 5.91 Å². The maximum atomic E-state index is 13.6. The standard InChI is InChI=1S/C30H37N3O3S/c1-21-29(37-22(2)31-21)19-30(34)33-16-15-32(20-25(33)17-23-9-5-4-6-10-23)24-13-14-27(35-3)28(18-24)36-26-11-7-8-12-26/h4-6,9-10,13-14,18,25-26H,7-8,11-12,15-17,19-20H2,1-3H3. The smallest absolute Gasteiger partial charge is 0.228 e. The van der Waals surface area contributed by atoms with Crippen LogP contribution in [0, 0.1) is 13.8 Å². The molecule has 2 fully saturated rings. The van der Waals surface area contributed by atoms with Crippen molar-refractivity contribution in [1.29, 1.82) is 0 Å². The number of aromatic nitrogens is 1. The number of carbonyl (C=O) groups excluding carboxylic acids is 1. The molecule has 2 heterocycles. The molecule has 2 aromatic carbocycles. The molecule has 5 rings (SSSR count). The van der Waals surface area contributed by atoms with Crippen LogP contribution >= 0.6 is 11.3 Å². The monoisotopic (exact) mass is 519 g/mol. The van der Waals surface area contributed by atoms with Gasteiger partial charge >= 0.3 is 0 Å². The van der Waals surface area contributed by atoms with E-state index in [-0.39, 0.29) is 18.1 Å². The lowest BCUT2D eigenvalue weighted by Crippen LogP contribution is -2.56. The second-order valence-corrected chi connectivity index (χ2v) is 11.4. The number of methoxy groups -OCH3 is 1. The summed E-state index contributed by atoms with van der Waals surface area (Å²) < 4.78 is 12.0. The van der Waals surface area contributed by atoms with Gasteiger partial charge in [-0.3, -0.25) is 4.79 Å². The van der Waals surface area contributed by atoms with E-state index in [1.54, 1.807) is 18.4 Å². The Labute approximate surface area is 224 Å². The summed E-state index contributed by atoms with van der Waals surface area (Å²) in [7, 11) is 1.70. The van der Waals surface area contributed by atoms with Crippen molar-refractivity contribution in [3.8, 4) is 11.5 Å². The fourth-order valence-corrected chi connectivity index (χ4v) is 6.52. The minimum absolute atomic E-state index is 0.0827. The summed E-state index contributed by atoms with van der Waals surface area (Å²) in [5.41, 5.74) is 3.34. The first-order chi connectivity index (χ1) is 18.0. The third-order valence-corrected chi connectivity index (χ3v) is 8.61. The summed E-state index contributed by atoms with van der Waals surface area (Å²) in [6.07, 6.45) is 6.17. The first-order valence-electron chi connectivity index (χ1n) is 13.4. The average molecular weight is 520 g/mol. The van der Waals surface area contributed by atoms with Gasteiger partial charge in [-0.1, -0.05) is 30.3 Å². The Morgan fingerprint density at radius 3 is 2.54 bits per heavy atom. The van der Waals surface area contributed by atoms with Crippen molar-refractivity contribution < 1.29 is 14.3 Å². The number of benzene rings is 2. The minimum atomic E-state index is 0.0827. The molecule has 1 aliphatic carbocycles. The Hall–Kier alpha value is -3.06. The van der Waals surface area contributed by atoms with E-state index in [2.05, 4.69) is 51.2 Å². The number of hydrogen-bond acceptors (Lipinski definition) is 6. The highest BCUT2D eigenvalue weighted by Gasteiger charge is 2.32. The van der Waals surface area contributed by atoms with Gasteiger partial charge in [0.05, 0.1) is 36.4 Å². The number of ether oxygens (including phenoxy) is 2. The Bertz CT molecular complexity index is 1210. The van der Waals surface area contributed by atoms with E-state index < -0.39 is 0 Å². The van der Waals surface area contributed by atoms with Crippen LogP contribution in [0.25, 0.3) is 0 Å². The number of anilines is 1. The zero-order valence-electron chi connectivity index (χ0n) is 22.1. The van der Waals surface area contributed by atoms with Gasteiger partial charge in [-0.2, -0.15) is 0 Å². The molecule has 196 valence electrons. The van der Waals surface area contributed by atoms with Gasteiger partial charge in [0.1, 0.15) is 0 Å². The van der Waals surface area contributed by atoms with Crippen LogP contribution in [0.15, 0.2) is 48.5 Å². The molecular weight excluding hydrogens is 482 g/mol. The number of thiazole rings is 1. The number of carbonyl (C=O) groups is 1. The van der Waals surface area contributed by atoms with E-state index in [9.17, 15) is 4.79 Å². The van der Waals surface area contributed by atoms with Crippen molar-refractivity contribution in [3.63, 3.8) is 0 Å². The molecule has 3 aromatic rings. The van der Waals surface area contributed by atoms with Gasteiger partial charge in [-0.15, -0.1) is 11.3 Å². The molecule has 0 bridgehead atoms. The van der Waals surface area contributed by atoms with Gasteiger partial charge in [0.15, 0.2) is 11.5 Å². The van der Waals surface area contributed by atoms with Gasteiger partial charge in [0.25, 0.3) is 0 Å². The van der Waals surface area contributed by atoms with E-state index in [0.29, 0.717) is 13.0 Å². The normalized spacial score (nSPS) is 18.3. The number of piperazine rings is 1. The molecule has 1 aliphatic heterocycles. The lowest BCUT2D eigenvalue weighted by Gasteiger charge is -2.43. The fraction of sp³-hybridized carbons (Fsp3) is 0.467. The zero-order valence-corrected chi connectivity index (χ0v) is 22.9. The Kier molecular flexibility index (Phi) is 7.99. The predicted molar refractivity (Wildman–Crippen MR) is 149 cm³/mol. The lowest BCUT2D eigenvalue weighted by atomic mass is 10.0. The minimum Gasteiger partial charge on any atom is -0.493 e. The third kappa shape index (κ3) is 6.09. The molecule has 1 saturated carbocycles. The lowest BCUT2D eigenvalue weighted by molar-refractivity contribution is -0.133. The predicted octanol–water partition coefficient (Wildman–Crippen LogP) is 5.59. The number of rotatable bonds is 8. The maximum absolute atomic E-state index is 13.6. The van der Waals surface area contributed by atoms with Crippen LogP contribution in [-0.4, -0.2) is 54.7 Å². The molecule has 0 radical (unpaired) electrons. The molecule has 0 N–H and O–H groups in total. The van der Waals surface area contributed by atoms with Crippen molar-refractivity contribution in [2.45, 2.75) is 64.5 Å². The van der Waals surface area contributed by atoms with E-state index >= 15 is 0 Å². The topological polar surface area (TPSA) is 54.9 Å². The largest absolute Gasteiger partial charge is 0.493 e. The van der Waals surface area contributed by atoms with Gasteiger partial charge in [0, 0.05) is 36.3 Å². The van der Waals surface area contributed by atoms with Crippen LogP contribution < -0.4 is 14.4 Å². The molecular formula is C30H37N3O3S. The van der Waals surface area contributed by atoms with Crippen LogP contribution in [0.1, 0.15) is 46.8 Å². The van der Waals surface area contributed by atoms with Crippen LogP contribution in [0.3, 0.4) is 0 Å². The number of amides is 1. The van der Waals surface area contributed by atoms with Crippen LogP contribution in [0.2, 0.25) is 0 Å². The molecule has 1 saturated heterocycles. The van der Waals surface area contributed by atoms with Gasteiger partial charge < -0.3 is 19.3 Å². The highest BCUT2D eigenvalue weighted by atomic mass is 32.1. The molecule has 1 amide bonds. The van der Waals surface area contributed by atoms with Crippen LogP contribution in [-0.2, 0) is 17.6 Å². The molecule has 0 spiro atoms. The number of nitrogens with zero attached hydrogens (tertiary/aromatic N) is 3. The van der Waals surface area contributed by atoms with E-state index in [1.165, 1.54) is 18.4 Å². The van der Waals surface area contributed by atoms with Crippen molar-refractivity contribution in [2.75, 3.05) is 31.6 Å². The zero-order chi connectivity index (χ0) is 25.8. The highest BCUT2D eigenvalue weighted by molar-refractivity contribution is 7.11. The average Bonchev–Trinajstić information content (AvgIpc) is 3.53. The molecule has 7 heteroatoms. The maximum Gasteiger partial charge on any atom is 0.228 e.